The molecule has 1 aliphatic heterocycles. The molecule has 4 heterocycles. The number of rotatable bonds is 4. The van der Waals surface area contributed by atoms with Gasteiger partial charge in [-0.25, -0.2) is 15.0 Å². The number of ether oxygens (including phenoxy) is 1. The van der Waals surface area contributed by atoms with Gasteiger partial charge in [0.15, 0.2) is 0 Å². The molecule has 0 radical (unpaired) electrons. The van der Waals surface area contributed by atoms with Crippen LogP contribution in [-0.2, 0) is 12.4 Å². The van der Waals surface area contributed by atoms with Gasteiger partial charge in [0.05, 0.1) is 22.2 Å². The number of carbonyl (C=O) groups excluding carboxylic acids is 1. The molecule has 3 aromatic heterocycles. The Hall–Kier alpha value is -3.48. The zero-order chi connectivity index (χ0) is 29.2. The van der Waals surface area contributed by atoms with Gasteiger partial charge in [0.25, 0.3) is 5.91 Å². The lowest BCUT2D eigenvalue weighted by Gasteiger charge is -2.35. The number of aromatic nitrogens is 3. The minimum Gasteiger partial charge on any atom is -0.475 e. The molecule has 3 aromatic rings. The average Bonchev–Trinajstić information content (AvgIpc) is 3.66. The zero-order valence-corrected chi connectivity index (χ0v) is 21.6. The van der Waals surface area contributed by atoms with Crippen LogP contribution in [0.2, 0.25) is 5.02 Å². The van der Waals surface area contributed by atoms with Crippen molar-refractivity contribution in [1.29, 1.82) is 0 Å². The van der Waals surface area contributed by atoms with Crippen molar-refractivity contribution >= 4 is 17.5 Å². The number of pyridine rings is 3. The van der Waals surface area contributed by atoms with Crippen molar-refractivity contribution in [3.8, 4) is 5.88 Å². The minimum absolute atomic E-state index is 0.0926. The van der Waals surface area contributed by atoms with Crippen molar-refractivity contribution in [2.24, 2.45) is 11.8 Å². The number of likely N-dealkylation sites (tertiary alicyclic amines) is 1. The van der Waals surface area contributed by atoms with Crippen molar-refractivity contribution in [3.05, 3.63) is 82.3 Å². The minimum atomic E-state index is -4.45. The summed E-state index contributed by atoms with van der Waals surface area (Å²) < 4.78 is 90.9. The van der Waals surface area contributed by atoms with Crippen LogP contribution in [0.15, 0.2) is 48.8 Å². The van der Waals surface area contributed by atoms with E-state index in [4.69, 9.17) is 16.3 Å². The molecule has 2 fully saturated rings. The maximum absolute atomic E-state index is 13.1. The number of fused-ring (bicyclic) bond motifs is 1. The molecule has 6 nitrogen and oxygen atoms in total. The Labute approximate surface area is 229 Å². The molecule has 0 bridgehead atoms. The predicted molar refractivity (Wildman–Crippen MR) is 129 cm³/mol. The maximum atomic E-state index is 13.1. The third-order valence-electron chi connectivity index (χ3n) is 6.51. The number of alkyl halides is 6. The van der Waals surface area contributed by atoms with Crippen LogP contribution in [0.5, 0.6) is 5.88 Å². The molecule has 0 unspecified atom stereocenters. The molecule has 1 aliphatic carbocycles. The Morgan fingerprint density at radius 2 is 1.60 bits per heavy atom. The van der Waals surface area contributed by atoms with E-state index in [1.165, 1.54) is 6.07 Å². The number of carbonyl (C=O) groups is 1. The lowest BCUT2D eigenvalue weighted by molar-refractivity contribution is -0.138. The second kappa shape index (κ2) is 11.6. The summed E-state index contributed by atoms with van der Waals surface area (Å²) in [6, 6.07) is 6.61. The number of hydrogen-bond donors (Lipinski definition) is 0. The molecule has 0 spiro atoms. The quantitative estimate of drug-likeness (QED) is 0.252. The fraction of sp³-hybridized carbons (Fsp3) is 0.385. The van der Waals surface area contributed by atoms with E-state index in [2.05, 4.69) is 15.0 Å². The van der Waals surface area contributed by atoms with Crippen molar-refractivity contribution < 1.29 is 40.3 Å². The van der Waals surface area contributed by atoms with Crippen LogP contribution >= 0.6 is 11.6 Å². The third-order valence-corrected chi connectivity index (χ3v) is 6.81. The lowest BCUT2D eigenvalue weighted by atomic mass is 10.0. The van der Waals surface area contributed by atoms with Crippen LogP contribution in [-0.4, -0.2) is 45.0 Å². The van der Waals surface area contributed by atoms with Crippen molar-refractivity contribution in [2.75, 3.05) is 13.2 Å². The first-order valence-electron chi connectivity index (χ1n) is 12.0. The average molecular weight is 591 g/mol. The van der Waals surface area contributed by atoms with Gasteiger partial charge in [0.2, 0.25) is 11.8 Å². The SMILES string of the molecule is Cc1ccc(Cl)c(C(=O)N2C[C@@H]3C[C@@H]3C[C@H]2COc2ccc(C(F)(F)F)cn2)n1.Fc1ccc(C(F)(F)F)cn1. The highest BCUT2D eigenvalue weighted by atomic mass is 35.5. The highest BCUT2D eigenvalue weighted by molar-refractivity contribution is 6.33. The van der Waals surface area contributed by atoms with Gasteiger partial charge < -0.3 is 9.64 Å². The summed E-state index contributed by atoms with van der Waals surface area (Å²) in [5.74, 6) is -0.0526. The van der Waals surface area contributed by atoms with E-state index in [0.717, 1.165) is 25.1 Å². The van der Waals surface area contributed by atoms with E-state index in [1.54, 1.807) is 24.0 Å². The predicted octanol–water partition coefficient (Wildman–Crippen LogP) is 6.63. The number of aryl methyl sites for hydroxylation is 1. The number of hydrogen-bond acceptors (Lipinski definition) is 5. The number of amides is 1. The van der Waals surface area contributed by atoms with Gasteiger partial charge in [0, 0.05) is 30.7 Å². The molecule has 0 aromatic carbocycles. The molecule has 14 heteroatoms. The van der Waals surface area contributed by atoms with Crippen molar-refractivity contribution in [1.82, 2.24) is 19.9 Å². The molecule has 0 N–H and O–H groups in total. The summed E-state index contributed by atoms with van der Waals surface area (Å²) in [5, 5.41) is 0.294. The molecule has 2 aliphatic rings. The summed E-state index contributed by atoms with van der Waals surface area (Å²) in [6.45, 7) is 2.54. The van der Waals surface area contributed by atoms with Crippen LogP contribution in [0.3, 0.4) is 0 Å². The third kappa shape index (κ3) is 7.38. The topological polar surface area (TPSA) is 68.2 Å². The lowest BCUT2D eigenvalue weighted by Crippen LogP contribution is -2.48. The van der Waals surface area contributed by atoms with Crippen LogP contribution in [0.25, 0.3) is 0 Å². The number of halogens is 8. The summed E-state index contributed by atoms with van der Waals surface area (Å²) >= 11 is 6.19. The van der Waals surface area contributed by atoms with E-state index in [9.17, 15) is 35.5 Å². The molecule has 3 atom stereocenters. The fourth-order valence-electron chi connectivity index (χ4n) is 4.29. The molecular weight excluding hydrogens is 569 g/mol. The Morgan fingerprint density at radius 1 is 0.950 bits per heavy atom. The van der Waals surface area contributed by atoms with Gasteiger partial charge in [0.1, 0.15) is 12.3 Å². The summed E-state index contributed by atoms with van der Waals surface area (Å²) in [6.07, 6.45) is -5.85. The molecule has 40 heavy (non-hydrogen) atoms. The number of nitrogens with zero attached hydrogens (tertiary/aromatic N) is 4. The highest BCUT2D eigenvalue weighted by Gasteiger charge is 2.47. The van der Waals surface area contributed by atoms with Crippen molar-refractivity contribution in [2.45, 2.75) is 38.2 Å². The largest absolute Gasteiger partial charge is 0.475 e. The Morgan fingerprint density at radius 3 is 2.17 bits per heavy atom. The first kappa shape index (κ1) is 29.5. The first-order chi connectivity index (χ1) is 18.7. The Kier molecular flexibility index (Phi) is 8.52. The second-order valence-corrected chi connectivity index (χ2v) is 9.85. The van der Waals surface area contributed by atoms with Crippen LogP contribution in [0, 0.1) is 24.7 Å². The highest BCUT2D eigenvalue weighted by Crippen LogP contribution is 2.47. The van der Waals surface area contributed by atoms with Crippen LogP contribution < -0.4 is 4.74 Å². The first-order valence-corrected chi connectivity index (χ1v) is 12.4. The van der Waals surface area contributed by atoms with E-state index in [1.807, 2.05) is 0 Å². The van der Waals surface area contributed by atoms with Crippen LogP contribution in [0.1, 0.15) is 40.2 Å². The van der Waals surface area contributed by atoms with Gasteiger partial charge in [-0.05, 0) is 61.9 Å². The molecule has 1 amide bonds. The summed E-state index contributed by atoms with van der Waals surface area (Å²) in [4.78, 5) is 25.7. The Bertz CT molecular complexity index is 1330. The molecule has 214 valence electrons. The monoisotopic (exact) mass is 590 g/mol. The van der Waals surface area contributed by atoms with Gasteiger partial charge >= 0.3 is 12.4 Å². The van der Waals surface area contributed by atoms with Gasteiger partial charge in [-0.15, -0.1) is 0 Å². The molecule has 1 saturated heterocycles. The standard InChI is InChI=1S/C20H19ClF3N3O2.C6H3F4N/c1-11-2-4-16(21)18(26-11)19(28)27-9-13-6-12(13)7-15(27)10-29-17-5-3-14(8-25-17)20(22,23)24;7-5-2-1-4(3-11-5)6(8,9)10/h2-5,8,12-13,15H,6-7,9-10H2,1H3;1-3H/t12-,13+,15+;/m1./s1. The molecular formula is C26H22ClF7N4O2. The number of piperidine rings is 1. The second-order valence-electron chi connectivity index (χ2n) is 9.45. The zero-order valence-electron chi connectivity index (χ0n) is 20.8. The van der Waals surface area contributed by atoms with E-state index >= 15 is 0 Å². The van der Waals surface area contributed by atoms with E-state index in [0.29, 0.717) is 47.4 Å². The van der Waals surface area contributed by atoms with Gasteiger partial charge in [-0.2, -0.15) is 30.7 Å². The maximum Gasteiger partial charge on any atom is 0.417 e. The molecule has 5 rings (SSSR count). The Balaban J connectivity index is 0.000000283. The summed E-state index contributed by atoms with van der Waals surface area (Å²) in [7, 11) is 0. The van der Waals surface area contributed by atoms with Gasteiger partial charge in [-0.1, -0.05) is 11.6 Å². The van der Waals surface area contributed by atoms with Gasteiger partial charge in [-0.3, -0.25) is 4.79 Å². The van der Waals surface area contributed by atoms with E-state index in [-0.39, 0.29) is 30.1 Å². The molecule has 1 saturated carbocycles. The fourth-order valence-corrected chi connectivity index (χ4v) is 4.48. The van der Waals surface area contributed by atoms with E-state index < -0.39 is 29.4 Å². The van der Waals surface area contributed by atoms with Crippen LogP contribution in [0.4, 0.5) is 30.7 Å². The summed E-state index contributed by atoms with van der Waals surface area (Å²) in [5.41, 5.74) is -0.872. The normalized spacial score (nSPS) is 20.2. The van der Waals surface area contributed by atoms with Crippen molar-refractivity contribution in [3.63, 3.8) is 0 Å². The smallest absolute Gasteiger partial charge is 0.417 e.